The summed E-state index contributed by atoms with van der Waals surface area (Å²) < 4.78 is 4.90. The molecule has 0 aromatic heterocycles. The Hall–Kier alpha value is -1.92. The fraction of sp³-hybridized carbons (Fsp3) is 0.357. The summed E-state index contributed by atoms with van der Waals surface area (Å²) >= 11 is 6.04. The van der Waals surface area contributed by atoms with Gasteiger partial charge >= 0.3 is 5.97 Å². The van der Waals surface area contributed by atoms with E-state index in [2.05, 4.69) is 6.58 Å². The number of carbonyl (C=O) groups excluding carboxylic acids is 1. The highest BCUT2D eigenvalue weighted by Gasteiger charge is 2.14. The number of carbonyl (C=O) groups is 1. The van der Waals surface area contributed by atoms with Gasteiger partial charge in [0.15, 0.2) is 0 Å². The Kier molecular flexibility index (Phi) is 6.84. The molecule has 0 unspecified atom stereocenters. The third-order valence-corrected chi connectivity index (χ3v) is 3.04. The molecule has 1 rings (SSSR count). The minimum atomic E-state index is -0.504. The average Bonchev–Trinajstić information content (AvgIpc) is 2.41. The van der Waals surface area contributed by atoms with E-state index in [1.165, 1.54) is 12.1 Å². The van der Waals surface area contributed by atoms with Crippen LogP contribution in [0.5, 0.6) is 0 Å². The normalized spacial score (nSPS) is 10.4. The van der Waals surface area contributed by atoms with Crippen molar-refractivity contribution in [2.45, 2.75) is 13.5 Å². The summed E-state index contributed by atoms with van der Waals surface area (Å²) in [5.74, 6) is -0.336. The molecule has 6 nitrogen and oxygen atoms in total. The Labute approximate surface area is 128 Å². The van der Waals surface area contributed by atoms with Crippen molar-refractivity contribution in [3.8, 4) is 0 Å². The van der Waals surface area contributed by atoms with Crippen LogP contribution in [0.2, 0.25) is 5.02 Å². The molecule has 0 amide bonds. The van der Waals surface area contributed by atoms with E-state index in [0.29, 0.717) is 30.3 Å². The van der Waals surface area contributed by atoms with Gasteiger partial charge in [0.2, 0.25) is 0 Å². The van der Waals surface area contributed by atoms with Gasteiger partial charge in [-0.2, -0.15) is 0 Å². The molecule has 21 heavy (non-hydrogen) atoms. The minimum absolute atomic E-state index is 0.0654. The number of rotatable bonds is 8. The molecule has 114 valence electrons. The molecule has 0 aliphatic rings. The van der Waals surface area contributed by atoms with Crippen LogP contribution >= 0.6 is 11.6 Å². The van der Waals surface area contributed by atoms with Gasteiger partial charge in [-0.1, -0.05) is 17.7 Å². The number of hydrogen-bond acceptors (Lipinski definition) is 5. The zero-order chi connectivity index (χ0) is 15.8. The maximum absolute atomic E-state index is 11.5. The molecule has 0 N–H and O–H groups in total. The average molecular weight is 313 g/mol. The van der Waals surface area contributed by atoms with E-state index in [1.807, 2.05) is 0 Å². The fourth-order valence-electron chi connectivity index (χ4n) is 1.78. The van der Waals surface area contributed by atoms with E-state index in [1.54, 1.807) is 24.0 Å². The maximum Gasteiger partial charge on any atom is 0.320 e. The third kappa shape index (κ3) is 5.53. The van der Waals surface area contributed by atoms with E-state index < -0.39 is 4.92 Å². The number of nitro groups is 1. The first-order valence-corrected chi connectivity index (χ1v) is 6.77. The van der Waals surface area contributed by atoms with E-state index in [4.69, 9.17) is 16.3 Å². The fourth-order valence-corrected chi connectivity index (χ4v) is 2.01. The van der Waals surface area contributed by atoms with Gasteiger partial charge in [0.25, 0.3) is 5.69 Å². The number of halogens is 1. The van der Waals surface area contributed by atoms with Crippen molar-refractivity contribution >= 4 is 23.3 Å². The summed E-state index contributed by atoms with van der Waals surface area (Å²) in [5.41, 5.74) is 0.637. The van der Waals surface area contributed by atoms with Gasteiger partial charge < -0.3 is 4.74 Å². The van der Waals surface area contributed by atoms with Crippen molar-refractivity contribution in [3.05, 3.63) is 51.6 Å². The monoisotopic (exact) mass is 312 g/mol. The van der Waals surface area contributed by atoms with E-state index >= 15 is 0 Å². The number of nitrogens with zero attached hydrogens (tertiary/aromatic N) is 2. The Bertz CT molecular complexity index is 534. The summed E-state index contributed by atoms with van der Waals surface area (Å²) in [6, 6.07) is 4.27. The van der Waals surface area contributed by atoms with Crippen LogP contribution in [0.25, 0.3) is 0 Å². The van der Waals surface area contributed by atoms with Crippen molar-refractivity contribution in [3.63, 3.8) is 0 Å². The predicted octanol–water partition coefficient (Wildman–Crippen LogP) is 2.80. The van der Waals surface area contributed by atoms with Gasteiger partial charge in [-0.3, -0.25) is 19.8 Å². The Morgan fingerprint density at radius 3 is 2.81 bits per heavy atom. The highest BCUT2D eigenvalue weighted by Crippen LogP contribution is 2.23. The van der Waals surface area contributed by atoms with Gasteiger partial charge in [-0.05, 0) is 18.6 Å². The second kappa shape index (κ2) is 8.39. The molecule has 0 saturated heterocycles. The van der Waals surface area contributed by atoms with Crippen molar-refractivity contribution in [1.82, 2.24) is 4.90 Å². The molecule has 7 heteroatoms. The number of benzene rings is 1. The summed E-state index contributed by atoms with van der Waals surface area (Å²) in [6.07, 6.45) is 1.67. The Balaban J connectivity index is 2.81. The molecule has 0 bridgehead atoms. The molecule has 0 spiro atoms. The molecule has 1 aromatic carbocycles. The van der Waals surface area contributed by atoms with Crippen LogP contribution in [0.4, 0.5) is 5.69 Å². The number of ether oxygens (including phenoxy) is 1. The quantitative estimate of drug-likeness (QED) is 0.319. The molecule has 0 fully saturated rings. The molecule has 0 heterocycles. The highest BCUT2D eigenvalue weighted by molar-refractivity contribution is 6.31. The highest BCUT2D eigenvalue weighted by atomic mass is 35.5. The summed E-state index contributed by atoms with van der Waals surface area (Å²) in [5, 5.41) is 11.0. The van der Waals surface area contributed by atoms with Crippen molar-refractivity contribution in [1.29, 1.82) is 0 Å². The number of nitro benzene ring substituents is 1. The van der Waals surface area contributed by atoms with Gasteiger partial charge in [-0.15, -0.1) is 6.58 Å². The third-order valence-electron chi connectivity index (χ3n) is 2.69. The largest absolute Gasteiger partial charge is 0.465 e. The van der Waals surface area contributed by atoms with Crippen LogP contribution in [0.3, 0.4) is 0 Å². The SMILES string of the molecule is C=CCN(CC(=O)OCC)Cc1ccc([N+](=O)[O-])cc1Cl. The first kappa shape index (κ1) is 17.1. The first-order chi connectivity index (χ1) is 9.97. The van der Waals surface area contributed by atoms with Gasteiger partial charge in [0.05, 0.1) is 23.1 Å². The standard InChI is InChI=1S/C14H17ClN2O4/c1-3-7-16(10-14(18)21-4-2)9-11-5-6-12(17(19)20)8-13(11)15/h3,5-6,8H,1,4,7,9-10H2,2H3. The van der Waals surface area contributed by atoms with Crippen LogP contribution < -0.4 is 0 Å². The lowest BCUT2D eigenvalue weighted by Gasteiger charge is -2.20. The smallest absolute Gasteiger partial charge is 0.320 e. The summed E-state index contributed by atoms with van der Waals surface area (Å²) in [7, 11) is 0. The maximum atomic E-state index is 11.5. The van der Waals surface area contributed by atoms with E-state index in [0.717, 1.165) is 0 Å². The summed E-state index contributed by atoms with van der Waals surface area (Å²) in [6.45, 7) is 6.66. The van der Waals surface area contributed by atoms with Crippen molar-refractivity contribution < 1.29 is 14.5 Å². The van der Waals surface area contributed by atoms with Gasteiger partial charge in [0, 0.05) is 25.2 Å². The lowest BCUT2D eigenvalue weighted by atomic mass is 10.2. The minimum Gasteiger partial charge on any atom is -0.465 e. The topological polar surface area (TPSA) is 72.7 Å². The van der Waals surface area contributed by atoms with E-state index in [-0.39, 0.29) is 18.2 Å². The molecule has 0 radical (unpaired) electrons. The van der Waals surface area contributed by atoms with Crippen molar-refractivity contribution in [2.24, 2.45) is 0 Å². The number of non-ortho nitro benzene ring substituents is 1. The lowest BCUT2D eigenvalue weighted by Crippen LogP contribution is -2.31. The van der Waals surface area contributed by atoms with Gasteiger partial charge in [-0.25, -0.2) is 0 Å². The summed E-state index contributed by atoms with van der Waals surface area (Å²) in [4.78, 5) is 23.5. The molecule has 0 saturated carbocycles. The molecule has 0 aliphatic carbocycles. The second-order valence-corrected chi connectivity index (χ2v) is 4.70. The van der Waals surface area contributed by atoms with Crippen LogP contribution in [0.15, 0.2) is 30.9 Å². The van der Waals surface area contributed by atoms with E-state index in [9.17, 15) is 14.9 Å². The van der Waals surface area contributed by atoms with Crippen molar-refractivity contribution in [2.75, 3.05) is 19.7 Å². The molecule has 0 aliphatic heterocycles. The molecule has 1 aromatic rings. The zero-order valence-electron chi connectivity index (χ0n) is 11.8. The first-order valence-electron chi connectivity index (χ1n) is 6.39. The number of esters is 1. The van der Waals surface area contributed by atoms with Crippen LogP contribution in [0, 0.1) is 10.1 Å². The lowest BCUT2D eigenvalue weighted by molar-refractivity contribution is -0.384. The van der Waals surface area contributed by atoms with Gasteiger partial charge in [0.1, 0.15) is 0 Å². The molecular weight excluding hydrogens is 296 g/mol. The van der Waals surface area contributed by atoms with Crippen LogP contribution in [-0.2, 0) is 16.1 Å². The zero-order valence-corrected chi connectivity index (χ0v) is 12.5. The number of hydrogen-bond donors (Lipinski definition) is 0. The van der Waals surface area contributed by atoms with Crippen LogP contribution in [-0.4, -0.2) is 35.5 Å². The predicted molar refractivity (Wildman–Crippen MR) is 80.2 cm³/mol. The molecule has 0 atom stereocenters. The molecular formula is C14H17ClN2O4. The Morgan fingerprint density at radius 2 is 2.29 bits per heavy atom. The second-order valence-electron chi connectivity index (χ2n) is 4.30. The van der Waals surface area contributed by atoms with Crippen LogP contribution in [0.1, 0.15) is 12.5 Å². The Morgan fingerprint density at radius 1 is 1.57 bits per heavy atom.